The first-order valence-electron chi connectivity index (χ1n) is 7.01. The molecule has 0 spiro atoms. The maximum atomic E-state index is 12.5. The lowest BCUT2D eigenvalue weighted by Gasteiger charge is -2.32. The molecule has 7 heteroatoms. The quantitative estimate of drug-likeness (QED) is 0.818. The summed E-state index contributed by atoms with van der Waals surface area (Å²) >= 11 is 1.42. The number of anilines is 1. The van der Waals surface area contributed by atoms with Gasteiger partial charge in [-0.3, -0.25) is 4.79 Å². The molecule has 1 aliphatic heterocycles. The van der Waals surface area contributed by atoms with Crippen molar-refractivity contribution >= 4 is 33.2 Å². The highest BCUT2D eigenvalue weighted by atomic mass is 32.2. The summed E-state index contributed by atoms with van der Waals surface area (Å²) in [5.41, 5.74) is 1.35. The standard InChI is InChI=1S/C15H18N2O3S2/c1-22(19,20)10-9-21-14-3-2-8-17(15(14)18)13-6-4-12(11-16)5-7-13/h4-7,14H,2-3,8-10H2,1H3. The molecule has 1 amide bonds. The van der Waals surface area contributed by atoms with Gasteiger partial charge in [0.05, 0.1) is 22.6 Å². The van der Waals surface area contributed by atoms with Gasteiger partial charge in [-0.1, -0.05) is 0 Å². The van der Waals surface area contributed by atoms with Gasteiger partial charge in [0.1, 0.15) is 9.84 Å². The average molecular weight is 338 g/mol. The fourth-order valence-electron chi connectivity index (χ4n) is 2.31. The number of thioether (sulfide) groups is 1. The van der Waals surface area contributed by atoms with Crippen molar-refractivity contribution in [1.29, 1.82) is 5.26 Å². The van der Waals surface area contributed by atoms with Crippen molar-refractivity contribution in [1.82, 2.24) is 0 Å². The Morgan fingerprint density at radius 1 is 1.36 bits per heavy atom. The van der Waals surface area contributed by atoms with Crippen LogP contribution in [0.25, 0.3) is 0 Å². The van der Waals surface area contributed by atoms with Gasteiger partial charge in [-0.15, -0.1) is 11.8 Å². The topological polar surface area (TPSA) is 78.2 Å². The van der Waals surface area contributed by atoms with E-state index < -0.39 is 9.84 Å². The molecule has 118 valence electrons. The lowest BCUT2D eigenvalue weighted by molar-refractivity contribution is -0.119. The molecule has 0 bridgehead atoms. The molecule has 0 N–H and O–H groups in total. The lowest BCUT2D eigenvalue weighted by Crippen LogP contribution is -2.43. The highest BCUT2D eigenvalue weighted by Gasteiger charge is 2.30. The molecule has 1 aromatic rings. The summed E-state index contributed by atoms with van der Waals surface area (Å²) in [5, 5.41) is 8.62. The molecular formula is C15H18N2O3S2. The Morgan fingerprint density at radius 2 is 2.05 bits per heavy atom. The molecule has 1 unspecified atom stereocenters. The molecule has 1 heterocycles. The van der Waals surface area contributed by atoms with Crippen LogP contribution in [-0.2, 0) is 14.6 Å². The van der Waals surface area contributed by atoms with E-state index in [1.165, 1.54) is 18.0 Å². The largest absolute Gasteiger partial charge is 0.311 e. The molecule has 1 saturated heterocycles. The second kappa shape index (κ2) is 7.16. The van der Waals surface area contributed by atoms with Gasteiger partial charge in [0.15, 0.2) is 0 Å². The summed E-state index contributed by atoms with van der Waals surface area (Å²) in [7, 11) is -2.99. The van der Waals surface area contributed by atoms with Gasteiger partial charge in [-0.2, -0.15) is 5.26 Å². The number of carbonyl (C=O) groups is 1. The van der Waals surface area contributed by atoms with Crippen molar-refractivity contribution in [2.75, 3.05) is 29.2 Å². The second-order valence-electron chi connectivity index (χ2n) is 5.28. The average Bonchev–Trinajstić information content (AvgIpc) is 2.48. The number of hydrogen-bond acceptors (Lipinski definition) is 5. The first-order valence-corrected chi connectivity index (χ1v) is 10.1. The van der Waals surface area contributed by atoms with E-state index in [-0.39, 0.29) is 16.9 Å². The summed E-state index contributed by atoms with van der Waals surface area (Å²) in [6, 6.07) is 9.01. The number of sulfone groups is 1. The van der Waals surface area contributed by atoms with Gasteiger partial charge >= 0.3 is 0 Å². The first-order chi connectivity index (χ1) is 10.4. The maximum absolute atomic E-state index is 12.5. The molecule has 1 fully saturated rings. The first kappa shape index (κ1) is 16.8. The number of amides is 1. The van der Waals surface area contributed by atoms with Gasteiger partial charge in [0.2, 0.25) is 5.91 Å². The van der Waals surface area contributed by atoms with E-state index in [4.69, 9.17) is 5.26 Å². The Hall–Kier alpha value is -1.52. The third kappa shape index (κ3) is 4.49. The molecule has 2 rings (SSSR count). The van der Waals surface area contributed by atoms with Crippen LogP contribution in [0.4, 0.5) is 5.69 Å². The zero-order valence-corrected chi connectivity index (χ0v) is 14.0. The monoisotopic (exact) mass is 338 g/mol. The lowest BCUT2D eigenvalue weighted by atomic mass is 10.1. The van der Waals surface area contributed by atoms with Crippen LogP contribution in [0.5, 0.6) is 0 Å². The van der Waals surface area contributed by atoms with E-state index in [0.29, 0.717) is 17.9 Å². The summed E-state index contributed by atoms with van der Waals surface area (Å²) in [4.78, 5) is 14.3. The van der Waals surface area contributed by atoms with Crippen LogP contribution < -0.4 is 4.90 Å². The minimum absolute atomic E-state index is 0.0226. The zero-order valence-electron chi connectivity index (χ0n) is 12.4. The van der Waals surface area contributed by atoms with E-state index in [2.05, 4.69) is 6.07 Å². The van der Waals surface area contributed by atoms with E-state index >= 15 is 0 Å². The minimum atomic E-state index is -2.99. The van der Waals surface area contributed by atoms with Gasteiger partial charge < -0.3 is 4.90 Å². The van der Waals surface area contributed by atoms with Crippen LogP contribution in [0.2, 0.25) is 0 Å². The van der Waals surface area contributed by atoms with E-state index in [9.17, 15) is 13.2 Å². The van der Waals surface area contributed by atoms with Gasteiger partial charge in [-0.05, 0) is 37.1 Å². The van der Waals surface area contributed by atoms with Crippen molar-refractivity contribution in [3.8, 4) is 6.07 Å². The molecular weight excluding hydrogens is 320 g/mol. The highest BCUT2D eigenvalue weighted by Crippen LogP contribution is 2.28. The third-order valence-electron chi connectivity index (χ3n) is 3.47. The maximum Gasteiger partial charge on any atom is 0.240 e. The number of piperidine rings is 1. The fraction of sp³-hybridized carbons (Fsp3) is 0.467. The smallest absolute Gasteiger partial charge is 0.240 e. The van der Waals surface area contributed by atoms with E-state index in [1.807, 2.05) is 0 Å². The number of rotatable bonds is 5. The third-order valence-corrected chi connectivity index (χ3v) is 5.95. The molecule has 22 heavy (non-hydrogen) atoms. The normalized spacial score (nSPS) is 19.0. The Morgan fingerprint density at radius 3 is 2.64 bits per heavy atom. The minimum Gasteiger partial charge on any atom is -0.311 e. The van der Waals surface area contributed by atoms with Gasteiger partial charge in [0.25, 0.3) is 0 Å². The summed E-state index contributed by atoms with van der Waals surface area (Å²) < 4.78 is 22.3. The molecule has 5 nitrogen and oxygen atoms in total. The van der Waals surface area contributed by atoms with Crippen LogP contribution in [0.15, 0.2) is 24.3 Å². The number of hydrogen-bond donors (Lipinski definition) is 0. The highest BCUT2D eigenvalue weighted by molar-refractivity contribution is 8.01. The predicted molar refractivity (Wildman–Crippen MR) is 88.7 cm³/mol. The fourth-order valence-corrected chi connectivity index (χ4v) is 4.79. The molecule has 1 aliphatic rings. The van der Waals surface area contributed by atoms with Crippen molar-refractivity contribution in [2.24, 2.45) is 0 Å². The zero-order chi connectivity index (χ0) is 16.2. The van der Waals surface area contributed by atoms with Crippen LogP contribution >= 0.6 is 11.8 Å². The number of carbonyl (C=O) groups excluding carboxylic acids is 1. The Labute approximate surface area is 135 Å². The van der Waals surface area contributed by atoms with Crippen LogP contribution in [-0.4, -0.2) is 43.9 Å². The summed E-state index contributed by atoms with van der Waals surface area (Å²) in [6.45, 7) is 0.661. The number of nitrogens with zero attached hydrogens (tertiary/aromatic N) is 2. The summed E-state index contributed by atoms with van der Waals surface area (Å²) in [5.74, 6) is 0.559. The predicted octanol–water partition coefficient (Wildman–Crippen LogP) is 1.83. The van der Waals surface area contributed by atoms with E-state index in [0.717, 1.165) is 18.5 Å². The SMILES string of the molecule is CS(=O)(=O)CCSC1CCCN(c2ccc(C#N)cc2)C1=O. The Bertz CT molecular complexity index is 678. The van der Waals surface area contributed by atoms with Crippen molar-refractivity contribution in [3.63, 3.8) is 0 Å². The van der Waals surface area contributed by atoms with Crippen LogP contribution in [0, 0.1) is 11.3 Å². The Kier molecular flexibility index (Phi) is 5.48. The number of benzene rings is 1. The second-order valence-corrected chi connectivity index (χ2v) is 8.85. The van der Waals surface area contributed by atoms with Gasteiger partial charge in [0, 0.05) is 24.2 Å². The Balaban J connectivity index is 2.01. The van der Waals surface area contributed by atoms with E-state index in [1.54, 1.807) is 29.2 Å². The van der Waals surface area contributed by atoms with Crippen LogP contribution in [0.3, 0.4) is 0 Å². The van der Waals surface area contributed by atoms with Crippen molar-refractivity contribution in [3.05, 3.63) is 29.8 Å². The van der Waals surface area contributed by atoms with Gasteiger partial charge in [-0.25, -0.2) is 8.42 Å². The van der Waals surface area contributed by atoms with Crippen molar-refractivity contribution in [2.45, 2.75) is 18.1 Å². The number of nitriles is 1. The molecule has 0 radical (unpaired) electrons. The molecule has 0 aliphatic carbocycles. The molecule has 1 aromatic carbocycles. The van der Waals surface area contributed by atoms with Crippen molar-refractivity contribution < 1.29 is 13.2 Å². The molecule has 0 saturated carbocycles. The molecule has 1 atom stereocenters. The summed E-state index contributed by atoms with van der Waals surface area (Å²) in [6.07, 6.45) is 2.88. The van der Waals surface area contributed by atoms with Crippen LogP contribution in [0.1, 0.15) is 18.4 Å². The molecule has 0 aromatic heterocycles.